The highest BCUT2D eigenvalue weighted by Crippen LogP contribution is 2.43. The van der Waals surface area contributed by atoms with Crippen molar-refractivity contribution in [3.63, 3.8) is 0 Å². The first-order chi connectivity index (χ1) is 26.8. The lowest BCUT2D eigenvalue weighted by Gasteiger charge is -2.44. The first kappa shape index (κ1) is 43.1. The van der Waals surface area contributed by atoms with Crippen LogP contribution in [0.25, 0.3) is 0 Å². The van der Waals surface area contributed by atoms with Crippen molar-refractivity contribution in [3.8, 4) is 0 Å². The van der Waals surface area contributed by atoms with Gasteiger partial charge in [-0.05, 0) is 42.6 Å². The molecule has 3 fully saturated rings. The van der Waals surface area contributed by atoms with E-state index in [-0.39, 0.29) is 55.4 Å². The van der Waals surface area contributed by atoms with Gasteiger partial charge in [-0.3, -0.25) is 24.1 Å². The second kappa shape index (κ2) is 19.9. The Morgan fingerprint density at radius 1 is 0.821 bits per heavy atom. The lowest BCUT2D eigenvalue weighted by molar-refractivity contribution is -0.276. The van der Waals surface area contributed by atoms with Crippen molar-refractivity contribution < 1.29 is 62.5 Å². The standard InChI is InChI=1S/C40H52N2O13S/c1-22-33(18-42-15-7-10-31(42)20-44)54-40(55-36(22)28-13-11-27(19-43)12-14-28)29-8-6-9-30(16-29)41-35(56)17-32-37(50-24(3)46)39(52-26(5)48)38(51-25(4)47)34(53-32)21-49-23(2)45/h6,8-9,11-14,16,22,31-34,36-40,43-44H,7,10,15,17-21H2,1-5H3,(H,41,56). The Kier molecular flexibility index (Phi) is 15.3. The van der Waals surface area contributed by atoms with Crippen molar-refractivity contribution >= 4 is 46.8 Å². The number of ether oxygens (including phenoxy) is 7. The summed E-state index contributed by atoms with van der Waals surface area (Å²) in [6.07, 6.45) is -5.36. The highest BCUT2D eigenvalue weighted by Gasteiger charge is 2.52. The molecule has 2 aromatic rings. The highest BCUT2D eigenvalue weighted by atomic mass is 32.1. The zero-order valence-corrected chi connectivity index (χ0v) is 33.1. The number of nitrogens with zero attached hydrogens (tertiary/aromatic N) is 1. The Morgan fingerprint density at radius 2 is 1.48 bits per heavy atom. The molecule has 2 aromatic carbocycles. The number of likely N-dealkylation sites (tertiary alicyclic amines) is 1. The molecule has 0 aliphatic carbocycles. The lowest BCUT2D eigenvalue weighted by Crippen LogP contribution is -2.62. The maximum atomic E-state index is 12.3. The molecular formula is C40H52N2O13S. The fourth-order valence-corrected chi connectivity index (χ4v) is 7.82. The Balaban J connectivity index is 1.37. The third-order valence-corrected chi connectivity index (χ3v) is 10.4. The summed E-state index contributed by atoms with van der Waals surface area (Å²) in [5.74, 6) is -2.80. The smallest absolute Gasteiger partial charge is 0.303 e. The number of aliphatic hydroxyl groups excluding tert-OH is 2. The van der Waals surface area contributed by atoms with Crippen molar-refractivity contribution in [3.05, 3.63) is 65.2 Å². The van der Waals surface area contributed by atoms with Crippen LogP contribution < -0.4 is 5.32 Å². The molecule has 3 N–H and O–H groups in total. The van der Waals surface area contributed by atoms with E-state index in [1.165, 1.54) is 13.8 Å². The van der Waals surface area contributed by atoms with Crippen LogP contribution in [0.15, 0.2) is 48.5 Å². The van der Waals surface area contributed by atoms with E-state index in [1.807, 2.05) is 48.5 Å². The molecule has 10 atom stereocenters. The van der Waals surface area contributed by atoms with Crippen LogP contribution in [0, 0.1) is 5.92 Å². The average Bonchev–Trinajstić information content (AvgIpc) is 3.60. The number of nitrogens with one attached hydrogen (secondary N) is 1. The second-order valence-corrected chi connectivity index (χ2v) is 14.9. The van der Waals surface area contributed by atoms with Crippen LogP contribution in [-0.4, -0.2) is 113 Å². The third-order valence-electron chi connectivity index (χ3n) is 10.2. The first-order valence-corrected chi connectivity index (χ1v) is 19.2. The van der Waals surface area contributed by atoms with Crippen LogP contribution in [0.1, 0.15) is 83.0 Å². The Labute approximate surface area is 331 Å². The van der Waals surface area contributed by atoms with Gasteiger partial charge < -0.3 is 48.7 Å². The summed E-state index contributed by atoms with van der Waals surface area (Å²) in [5.41, 5.74) is 3.07. The van der Waals surface area contributed by atoms with Crippen molar-refractivity contribution in [1.29, 1.82) is 0 Å². The number of esters is 4. The van der Waals surface area contributed by atoms with Gasteiger partial charge in [-0.25, -0.2) is 0 Å². The van der Waals surface area contributed by atoms with Crippen LogP contribution >= 0.6 is 12.2 Å². The highest BCUT2D eigenvalue weighted by molar-refractivity contribution is 7.80. The second-order valence-electron chi connectivity index (χ2n) is 14.4. The van der Waals surface area contributed by atoms with Crippen molar-refractivity contribution in [2.75, 3.05) is 31.6 Å². The van der Waals surface area contributed by atoms with Crippen molar-refractivity contribution in [2.45, 2.75) is 116 Å². The van der Waals surface area contributed by atoms with Crippen LogP contribution in [0.2, 0.25) is 0 Å². The summed E-state index contributed by atoms with van der Waals surface area (Å²) in [6, 6.07) is 15.2. The number of thiocarbonyl (C=S) groups is 1. The summed E-state index contributed by atoms with van der Waals surface area (Å²) in [6.45, 7) is 7.97. The molecule has 0 spiro atoms. The topological polar surface area (TPSA) is 189 Å². The molecule has 56 heavy (non-hydrogen) atoms. The van der Waals surface area contributed by atoms with Gasteiger partial charge in [0.15, 0.2) is 24.6 Å². The molecule has 0 saturated carbocycles. The van der Waals surface area contributed by atoms with E-state index in [0.29, 0.717) is 12.2 Å². The van der Waals surface area contributed by atoms with E-state index in [9.17, 15) is 29.4 Å². The summed E-state index contributed by atoms with van der Waals surface area (Å²) in [5, 5.41) is 22.9. The maximum absolute atomic E-state index is 12.3. The van der Waals surface area contributed by atoms with E-state index in [0.717, 1.165) is 49.9 Å². The van der Waals surface area contributed by atoms with E-state index in [4.69, 9.17) is 45.4 Å². The van der Waals surface area contributed by atoms with Crippen molar-refractivity contribution in [1.82, 2.24) is 4.90 Å². The van der Waals surface area contributed by atoms with Crippen LogP contribution in [0.5, 0.6) is 0 Å². The fraction of sp³-hybridized carbons (Fsp3) is 0.575. The molecule has 0 aromatic heterocycles. The summed E-state index contributed by atoms with van der Waals surface area (Å²) >= 11 is 5.78. The quantitative estimate of drug-likeness (QED) is 0.143. The SMILES string of the molecule is CC(=O)OCC1OC(CC(=S)Nc2cccc(C3OC(CN4CCCC4CO)C(C)C(c4ccc(CO)cc4)O3)c2)C(OC(C)=O)C(OC(C)=O)C1OC(C)=O. The molecule has 10 unspecified atom stereocenters. The van der Waals surface area contributed by atoms with Gasteiger partial charge in [-0.2, -0.15) is 0 Å². The van der Waals surface area contributed by atoms with Gasteiger partial charge in [0.1, 0.15) is 18.8 Å². The van der Waals surface area contributed by atoms with Gasteiger partial charge in [0.05, 0.1) is 30.4 Å². The molecular weight excluding hydrogens is 749 g/mol. The number of aliphatic hydroxyl groups is 2. The number of carbonyl (C=O) groups is 4. The number of benzene rings is 2. The minimum Gasteiger partial charge on any atom is -0.463 e. The number of hydrogen-bond acceptors (Lipinski definition) is 15. The Hall–Kier alpha value is -4.03. The molecule has 3 heterocycles. The minimum absolute atomic E-state index is 0.0393. The van der Waals surface area contributed by atoms with E-state index < -0.39 is 60.7 Å². The molecule has 0 radical (unpaired) electrons. The number of rotatable bonds is 14. The van der Waals surface area contributed by atoms with Crippen LogP contribution in [0.4, 0.5) is 5.69 Å². The van der Waals surface area contributed by atoms with Gasteiger partial charge in [0.25, 0.3) is 0 Å². The molecule has 15 nitrogen and oxygen atoms in total. The molecule has 16 heteroatoms. The van der Waals surface area contributed by atoms with Crippen molar-refractivity contribution in [2.24, 2.45) is 5.92 Å². The number of hydrogen-bond donors (Lipinski definition) is 3. The van der Waals surface area contributed by atoms with Crippen LogP contribution in [-0.2, 0) is 58.9 Å². The molecule has 0 bridgehead atoms. The Bertz CT molecular complexity index is 1690. The van der Waals surface area contributed by atoms with E-state index >= 15 is 0 Å². The summed E-state index contributed by atoms with van der Waals surface area (Å²) < 4.78 is 41.4. The number of anilines is 1. The van der Waals surface area contributed by atoms with Gasteiger partial charge >= 0.3 is 23.9 Å². The molecule has 3 saturated heterocycles. The molecule has 3 aliphatic rings. The number of carbonyl (C=O) groups excluding carboxylic acids is 4. The van der Waals surface area contributed by atoms with Gasteiger partial charge in [0.2, 0.25) is 0 Å². The summed E-state index contributed by atoms with van der Waals surface area (Å²) in [4.78, 5) is 50.9. The normalized spacial score (nSPS) is 29.2. The minimum atomic E-state index is -1.30. The zero-order valence-electron chi connectivity index (χ0n) is 32.3. The molecule has 5 rings (SSSR count). The van der Waals surface area contributed by atoms with Crippen LogP contribution in [0.3, 0.4) is 0 Å². The molecule has 306 valence electrons. The predicted octanol–water partition coefficient (Wildman–Crippen LogP) is 3.68. The maximum Gasteiger partial charge on any atom is 0.303 e. The molecule has 3 aliphatic heterocycles. The van der Waals surface area contributed by atoms with E-state index in [2.05, 4.69) is 17.1 Å². The van der Waals surface area contributed by atoms with E-state index in [1.54, 1.807) is 0 Å². The van der Waals surface area contributed by atoms with Gasteiger partial charge in [-0.15, -0.1) is 0 Å². The van der Waals surface area contributed by atoms with Gasteiger partial charge in [-0.1, -0.05) is 55.5 Å². The first-order valence-electron chi connectivity index (χ1n) is 18.8. The predicted molar refractivity (Wildman–Crippen MR) is 204 cm³/mol. The third kappa shape index (κ3) is 11.3. The Morgan fingerprint density at radius 3 is 2.11 bits per heavy atom. The van der Waals surface area contributed by atoms with Gasteiger partial charge in [0, 0.05) is 63.9 Å². The largest absolute Gasteiger partial charge is 0.463 e. The average molecular weight is 801 g/mol. The monoisotopic (exact) mass is 800 g/mol. The fourth-order valence-electron chi connectivity index (χ4n) is 7.54. The summed E-state index contributed by atoms with van der Waals surface area (Å²) in [7, 11) is 0. The zero-order chi connectivity index (χ0) is 40.5. The lowest BCUT2D eigenvalue weighted by atomic mass is 9.90. The molecule has 0 amide bonds.